The van der Waals surface area contributed by atoms with E-state index in [4.69, 9.17) is 10.8 Å². The Morgan fingerprint density at radius 2 is 1.47 bits per heavy atom. The van der Waals surface area contributed by atoms with Crippen molar-refractivity contribution in [2.75, 3.05) is 0 Å². The van der Waals surface area contributed by atoms with E-state index in [1.807, 2.05) is 19.9 Å². The molecule has 0 aliphatic rings. The van der Waals surface area contributed by atoms with Gasteiger partial charge in [0.25, 0.3) is 0 Å². The smallest absolute Gasteiger partial charge is 0.303 e. The van der Waals surface area contributed by atoms with Gasteiger partial charge in [0.2, 0.25) is 23.6 Å². The van der Waals surface area contributed by atoms with E-state index in [1.165, 1.54) is 6.92 Å². The highest BCUT2D eigenvalue weighted by atomic mass is 16.4. The monoisotopic (exact) mass is 448 g/mol. The zero-order chi connectivity index (χ0) is 24.3. The third-order valence-corrected chi connectivity index (χ3v) is 4.62. The summed E-state index contributed by atoms with van der Waals surface area (Å²) in [6.45, 7) is 4.97. The van der Waals surface area contributed by atoms with Gasteiger partial charge in [0.05, 0.1) is 0 Å². The number of aliphatic carboxylic acids is 1. The quantitative estimate of drug-likeness (QED) is 0.287. The fraction of sp³-hybridized carbons (Fsp3) is 0.500. The van der Waals surface area contributed by atoms with E-state index in [1.54, 1.807) is 24.3 Å². The number of nitrogens with two attached hydrogens (primary N) is 1. The predicted molar refractivity (Wildman–Crippen MR) is 117 cm³/mol. The number of carboxylic acid groups (broad SMARTS) is 1. The number of carbonyl (C=O) groups is 5. The molecule has 0 aliphatic carbocycles. The van der Waals surface area contributed by atoms with Gasteiger partial charge < -0.3 is 26.8 Å². The van der Waals surface area contributed by atoms with E-state index in [0.717, 1.165) is 5.56 Å². The average Bonchev–Trinajstić information content (AvgIpc) is 2.69. The molecule has 0 saturated heterocycles. The Labute approximate surface area is 187 Å². The lowest BCUT2D eigenvalue weighted by Gasteiger charge is -2.25. The Morgan fingerprint density at radius 1 is 0.906 bits per heavy atom. The number of nitrogens with one attached hydrogen (secondary N) is 3. The largest absolute Gasteiger partial charge is 0.481 e. The highest BCUT2D eigenvalue weighted by molar-refractivity contribution is 5.94. The van der Waals surface area contributed by atoms with E-state index in [2.05, 4.69) is 16.0 Å². The van der Waals surface area contributed by atoms with Crippen molar-refractivity contribution < 1.29 is 29.1 Å². The van der Waals surface area contributed by atoms with Crippen molar-refractivity contribution in [1.29, 1.82) is 0 Å². The number of amides is 4. The van der Waals surface area contributed by atoms with Gasteiger partial charge in [0, 0.05) is 19.8 Å². The lowest BCUT2D eigenvalue weighted by Crippen LogP contribution is -2.57. The van der Waals surface area contributed by atoms with Crippen LogP contribution in [-0.2, 0) is 30.4 Å². The van der Waals surface area contributed by atoms with Crippen molar-refractivity contribution in [3.63, 3.8) is 0 Å². The summed E-state index contributed by atoms with van der Waals surface area (Å²) in [5, 5.41) is 16.5. The molecule has 0 fully saturated rings. The van der Waals surface area contributed by atoms with Crippen LogP contribution in [0.15, 0.2) is 30.3 Å². The Hall–Kier alpha value is -3.43. The van der Waals surface area contributed by atoms with Gasteiger partial charge in [0.15, 0.2) is 0 Å². The van der Waals surface area contributed by atoms with Crippen LogP contribution in [0.1, 0.15) is 45.6 Å². The summed E-state index contributed by atoms with van der Waals surface area (Å²) in [4.78, 5) is 59.9. The molecular weight excluding hydrogens is 416 g/mol. The molecule has 0 spiro atoms. The zero-order valence-electron chi connectivity index (χ0n) is 18.6. The molecule has 10 nitrogen and oxygen atoms in total. The Bertz CT molecular complexity index is 812. The molecule has 6 N–H and O–H groups in total. The summed E-state index contributed by atoms with van der Waals surface area (Å²) in [5.74, 6) is -3.52. The molecule has 10 heteroatoms. The normalized spacial score (nSPS) is 13.5. The first-order valence-corrected chi connectivity index (χ1v) is 10.4. The first kappa shape index (κ1) is 26.6. The van der Waals surface area contributed by atoms with Gasteiger partial charge in [-0.05, 0) is 24.3 Å². The highest BCUT2D eigenvalue weighted by Crippen LogP contribution is 2.08. The standard InChI is InChI=1S/C22H32N4O6/c1-13(2)11-17(20(23)30)25-22(32)18(12-15-7-5-4-6-8-15)26-21(31)16(24-14(3)27)9-10-19(28)29/h4-8,13,16-18H,9-12H2,1-3H3,(H2,23,30)(H,24,27)(H,25,32)(H,26,31)(H,28,29)/t16-,17-,18-/m0/s1. The SMILES string of the molecule is CC(=O)N[C@@H](CCC(=O)O)C(=O)N[C@@H](Cc1ccccc1)C(=O)N[C@@H](CC(C)C)C(N)=O. The van der Waals surface area contributed by atoms with Crippen LogP contribution < -0.4 is 21.7 Å². The molecule has 1 rings (SSSR count). The molecule has 0 unspecified atom stereocenters. The second kappa shape index (κ2) is 13.1. The van der Waals surface area contributed by atoms with Gasteiger partial charge >= 0.3 is 5.97 Å². The fourth-order valence-electron chi connectivity index (χ4n) is 3.10. The van der Waals surface area contributed by atoms with E-state index >= 15 is 0 Å². The van der Waals surface area contributed by atoms with Gasteiger partial charge in [-0.1, -0.05) is 44.2 Å². The van der Waals surface area contributed by atoms with E-state index in [-0.39, 0.29) is 25.2 Å². The number of carbonyl (C=O) groups excluding carboxylic acids is 4. The molecule has 0 aliphatic heterocycles. The minimum Gasteiger partial charge on any atom is -0.481 e. The summed E-state index contributed by atoms with van der Waals surface area (Å²) < 4.78 is 0. The Balaban J connectivity index is 3.06. The maximum atomic E-state index is 13.0. The molecule has 176 valence electrons. The summed E-state index contributed by atoms with van der Waals surface area (Å²) in [6.07, 6.45) is -0.0266. The number of hydrogen-bond acceptors (Lipinski definition) is 5. The molecule has 4 amide bonds. The predicted octanol–water partition coefficient (Wildman–Crippen LogP) is 0.0996. The van der Waals surface area contributed by atoms with E-state index < -0.39 is 47.7 Å². The Morgan fingerprint density at radius 3 is 1.97 bits per heavy atom. The van der Waals surface area contributed by atoms with Crippen LogP contribution in [0.25, 0.3) is 0 Å². The van der Waals surface area contributed by atoms with Crippen LogP contribution in [0.3, 0.4) is 0 Å². The van der Waals surface area contributed by atoms with Crippen LogP contribution >= 0.6 is 0 Å². The molecule has 0 bridgehead atoms. The molecule has 0 aromatic heterocycles. The van der Waals surface area contributed by atoms with Crippen molar-refractivity contribution in [3.05, 3.63) is 35.9 Å². The minimum atomic E-state index is -1.13. The minimum absolute atomic E-state index is 0.0927. The van der Waals surface area contributed by atoms with Crippen LogP contribution in [0.2, 0.25) is 0 Å². The summed E-state index contributed by atoms with van der Waals surface area (Å²) >= 11 is 0. The van der Waals surface area contributed by atoms with Gasteiger partial charge in [-0.15, -0.1) is 0 Å². The second-order valence-electron chi connectivity index (χ2n) is 8.03. The molecule has 1 aromatic carbocycles. The molecule has 0 radical (unpaired) electrons. The Kier molecular flexibility index (Phi) is 10.9. The number of rotatable bonds is 13. The van der Waals surface area contributed by atoms with Gasteiger partial charge in [0.1, 0.15) is 18.1 Å². The van der Waals surface area contributed by atoms with Crippen LogP contribution in [0.5, 0.6) is 0 Å². The third-order valence-electron chi connectivity index (χ3n) is 4.62. The van der Waals surface area contributed by atoms with Crippen molar-refractivity contribution in [2.45, 2.75) is 64.6 Å². The van der Waals surface area contributed by atoms with Crippen molar-refractivity contribution in [2.24, 2.45) is 11.7 Å². The number of primary amides is 1. The number of carboxylic acids is 1. The molecule has 3 atom stereocenters. The van der Waals surface area contributed by atoms with Crippen LogP contribution in [-0.4, -0.2) is 52.8 Å². The van der Waals surface area contributed by atoms with Crippen LogP contribution in [0, 0.1) is 5.92 Å². The molecule has 0 heterocycles. The van der Waals surface area contributed by atoms with Gasteiger partial charge in [-0.3, -0.25) is 24.0 Å². The molecule has 0 saturated carbocycles. The first-order valence-electron chi connectivity index (χ1n) is 10.4. The average molecular weight is 449 g/mol. The summed E-state index contributed by atoms with van der Waals surface area (Å²) in [5.41, 5.74) is 6.17. The van der Waals surface area contributed by atoms with Gasteiger partial charge in [-0.25, -0.2) is 0 Å². The number of hydrogen-bond donors (Lipinski definition) is 5. The van der Waals surface area contributed by atoms with E-state index in [9.17, 15) is 24.0 Å². The lowest BCUT2D eigenvalue weighted by atomic mass is 10.0. The molecule has 1 aromatic rings. The van der Waals surface area contributed by atoms with Gasteiger partial charge in [-0.2, -0.15) is 0 Å². The molecule has 32 heavy (non-hydrogen) atoms. The topological polar surface area (TPSA) is 168 Å². The summed E-state index contributed by atoms with van der Waals surface area (Å²) in [7, 11) is 0. The number of benzene rings is 1. The highest BCUT2D eigenvalue weighted by Gasteiger charge is 2.29. The first-order chi connectivity index (χ1) is 15.0. The third kappa shape index (κ3) is 10.1. The van der Waals surface area contributed by atoms with E-state index in [0.29, 0.717) is 6.42 Å². The zero-order valence-corrected chi connectivity index (χ0v) is 18.6. The van der Waals surface area contributed by atoms with Crippen molar-refractivity contribution in [3.8, 4) is 0 Å². The maximum Gasteiger partial charge on any atom is 0.303 e. The second-order valence-corrected chi connectivity index (χ2v) is 8.03. The maximum absolute atomic E-state index is 13.0. The summed E-state index contributed by atoms with van der Waals surface area (Å²) in [6, 6.07) is 5.83. The lowest BCUT2D eigenvalue weighted by molar-refractivity contribution is -0.138. The molecular formula is C22H32N4O6. The van der Waals surface area contributed by atoms with Crippen LogP contribution in [0.4, 0.5) is 0 Å². The van der Waals surface area contributed by atoms with Crippen molar-refractivity contribution in [1.82, 2.24) is 16.0 Å². The van der Waals surface area contributed by atoms with Crippen molar-refractivity contribution >= 4 is 29.6 Å². The fourth-order valence-corrected chi connectivity index (χ4v) is 3.10.